The summed E-state index contributed by atoms with van der Waals surface area (Å²) in [5, 5.41) is 3.07. The van der Waals surface area contributed by atoms with Crippen LogP contribution in [0.4, 0.5) is 4.39 Å². The van der Waals surface area contributed by atoms with Crippen molar-refractivity contribution in [1.29, 1.82) is 0 Å². The SMILES string of the molecule is CC(C)c1nc(COc2ccc(Br)c(F)c2)cs1. The van der Waals surface area contributed by atoms with Gasteiger partial charge in [0.05, 0.1) is 15.2 Å². The molecule has 0 bridgehead atoms. The molecule has 0 saturated carbocycles. The second-order valence-corrected chi connectivity index (χ2v) is 5.94. The van der Waals surface area contributed by atoms with Gasteiger partial charge < -0.3 is 4.74 Å². The molecule has 18 heavy (non-hydrogen) atoms. The zero-order valence-electron chi connectivity index (χ0n) is 10.1. The van der Waals surface area contributed by atoms with Crippen molar-refractivity contribution in [3.05, 3.63) is 44.6 Å². The number of halogens is 2. The minimum atomic E-state index is -0.325. The van der Waals surface area contributed by atoms with Crippen LogP contribution in [0.2, 0.25) is 0 Å². The fourth-order valence-electron chi connectivity index (χ4n) is 1.38. The Hall–Kier alpha value is -0.940. The van der Waals surface area contributed by atoms with E-state index in [1.165, 1.54) is 6.07 Å². The summed E-state index contributed by atoms with van der Waals surface area (Å²) in [5.41, 5.74) is 0.882. The zero-order chi connectivity index (χ0) is 13.1. The van der Waals surface area contributed by atoms with Gasteiger partial charge >= 0.3 is 0 Å². The smallest absolute Gasteiger partial charge is 0.141 e. The Morgan fingerprint density at radius 3 is 2.83 bits per heavy atom. The van der Waals surface area contributed by atoms with Crippen LogP contribution in [0.25, 0.3) is 0 Å². The van der Waals surface area contributed by atoms with Crippen molar-refractivity contribution in [2.45, 2.75) is 26.4 Å². The van der Waals surface area contributed by atoms with Crippen molar-refractivity contribution in [3.8, 4) is 5.75 Å². The van der Waals surface area contributed by atoms with Gasteiger partial charge in [-0.3, -0.25) is 0 Å². The average molecular weight is 330 g/mol. The van der Waals surface area contributed by atoms with Gasteiger partial charge in [0.1, 0.15) is 18.2 Å². The van der Waals surface area contributed by atoms with Gasteiger partial charge in [0.15, 0.2) is 0 Å². The van der Waals surface area contributed by atoms with Crippen LogP contribution in [-0.4, -0.2) is 4.98 Å². The van der Waals surface area contributed by atoms with Gasteiger partial charge in [-0.05, 0) is 28.1 Å². The normalized spacial score (nSPS) is 10.9. The molecule has 0 unspecified atom stereocenters. The molecule has 0 saturated heterocycles. The van der Waals surface area contributed by atoms with E-state index in [-0.39, 0.29) is 5.82 Å². The zero-order valence-corrected chi connectivity index (χ0v) is 12.5. The number of thiazole rings is 1. The molecule has 5 heteroatoms. The highest BCUT2D eigenvalue weighted by Gasteiger charge is 2.07. The number of rotatable bonds is 4. The Balaban J connectivity index is 2.00. The molecule has 1 aromatic heterocycles. The Labute approximate surface area is 118 Å². The quantitative estimate of drug-likeness (QED) is 0.807. The molecule has 0 aliphatic rings. The van der Waals surface area contributed by atoms with Gasteiger partial charge in [-0.2, -0.15) is 0 Å². The number of benzene rings is 1. The first kappa shape index (κ1) is 13.5. The van der Waals surface area contributed by atoms with E-state index >= 15 is 0 Å². The lowest BCUT2D eigenvalue weighted by atomic mass is 10.2. The van der Waals surface area contributed by atoms with Crippen molar-refractivity contribution in [3.63, 3.8) is 0 Å². The summed E-state index contributed by atoms with van der Waals surface area (Å²) in [6.45, 7) is 4.57. The first-order chi connectivity index (χ1) is 8.56. The minimum Gasteiger partial charge on any atom is -0.487 e. The van der Waals surface area contributed by atoms with Crippen LogP contribution in [-0.2, 0) is 6.61 Å². The molecular weight excluding hydrogens is 317 g/mol. The lowest BCUT2D eigenvalue weighted by molar-refractivity contribution is 0.300. The molecule has 0 aliphatic heterocycles. The summed E-state index contributed by atoms with van der Waals surface area (Å²) in [6.07, 6.45) is 0. The predicted molar refractivity (Wildman–Crippen MR) is 74.6 cm³/mol. The third-order valence-corrected chi connectivity index (χ3v) is 4.18. The number of aromatic nitrogens is 1. The van der Waals surface area contributed by atoms with Crippen LogP contribution < -0.4 is 4.74 Å². The number of nitrogens with zero attached hydrogens (tertiary/aromatic N) is 1. The van der Waals surface area contributed by atoms with Crippen LogP contribution in [0.1, 0.15) is 30.5 Å². The van der Waals surface area contributed by atoms with E-state index in [0.29, 0.717) is 22.7 Å². The molecule has 0 N–H and O–H groups in total. The molecule has 96 valence electrons. The van der Waals surface area contributed by atoms with Gasteiger partial charge in [-0.15, -0.1) is 11.3 Å². The summed E-state index contributed by atoms with van der Waals surface area (Å²) < 4.78 is 19.2. The fourth-order valence-corrected chi connectivity index (χ4v) is 2.44. The van der Waals surface area contributed by atoms with Gasteiger partial charge in [0, 0.05) is 17.4 Å². The molecule has 0 fully saturated rings. The fraction of sp³-hybridized carbons (Fsp3) is 0.308. The van der Waals surface area contributed by atoms with Crippen LogP contribution >= 0.6 is 27.3 Å². The first-order valence-electron chi connectivity index (χ1n) is 5.58. The van der Waals surface area contributed by atoms with Gasteiger partial charge in [0.25, 0.3) is 0 Å². The number of hydrogen-bond acceptors (Lipinski definition) is 3. The molecule has 0 atom stereocenters. The summed E-state index contributed by atoms with van der Waals surface area (Å²) in [4.78, 5) is 4.46. The number of hydrogen-bond donors (Lipinski definition) is 0. The minimum absolute atomic E-state index is 0.325. The van der Waals surface area contributed by atoms with Crippen molar-refractivity contribution in [2.75, 3.05) is 0 Å². The Kier molecular flexibility index (Phi) is 4.35. The number of ether oxygens (including phenoxy) is 1. The highest BCUT2D eigenvalue weighted by molar-refractivity contribution is 9.10. The lowest BCUT2D eigenvalue weighted by Crippen LogP contribution is -1.97. The van der Waals surface area contributed by atoms with Crippen molar-refractivity contribution >= 4 is 27.3 Å². The molecule has 1 heterocycles. The van der Waals surface area contributed by atoms with Gasteiger partial charge in [-0.1, -0.05) is 13.8 Å². The molecule has 0 radical (unpaired) electrons. The standard InChI is InChI=1S/C13H13BrFNOS/c1-8(2)13-16-9(7-18-13)6-17-10-3-4-11(14)12(15)5-10/h3-5,7-8H,6H2,1-2H3. The summed E-state index contributed by atoms with van der Waals surface area (Å²) in [6, 6.07) is 4.72. The second-order valence-electron chi connectivity index (χ2n) is 4.20. The van der Waals surface area contributed by atoms with Crippen molar-refractivity contribution < 1.29 is 9.13 Å². The Morgan fingerprint density at radius 2 is 2.22 bits per heavy atom. The van der Waals surface area contributed by atoms with E-state index in [0.717, 1.165) is 10.7 Å². The maximum absolute atomic E-state index is 13.3. The van der Waals surface area contributed by atoms with Gasteiger partial charge in [0.2, 0.25) is 0 Å². The largest absolute Gasteiger partial charge is 0.487 e. The molecule has 0 spiro atoms. The maximum Gasteiger partial charge on any atom is 0.141 e. The van der Waals surface area contributed by atoms with E-state index in [1.54, 1.807) is 23.5 Å². The summed E-state index contributed by atoms with van der Waals surface area (Å²) in [7, 11) is 0. The lowest BCUT2D eigenvalue weighted by Gasteiger charge is -2.05. The van der Waals surface area contributed by atoms with Crippen molar-refractivity contribution in [2.24, 2.45) is 0 Å². The monoisotopic (exact) mass is 329 g/mol. The van der Waals surface area contributed by atoms with Gasteiger partial charge in [-0.25, -0.2) is 9.37 Å². The molecule has 1 aromatic carbocycles. The summed E-state index contributed by atoms with van der Waals surface area (Å²) >= 11 is 4.73. The third-order valence-electron chi connectivity index (χ3n) is 2.34. The first-order valence-corrected chi connectivity index (χ1v) is 7.25. The molecule has 0 amide bonds. The molecular formula is C13H13BrFNOS. The van der Waals surface area contributed by atoms with E-state index in [9.17, 15) is 4.39 Å². The second kappa shape index (κ2) is 5.80. The highest BCUT2D eigenvalue weighted by Crippen LogP contribution is 2.23. The molecule has 2 aromatic rings. The highest BCUT2D eigenvalue weighted by atomic mass is 79.9. The summed E-state index contributed by atoms with van der Waals surface area (Å²) in [5.74, 6) is 0.609. The van der Waals surface area contributed by atoms with E-state index in [2.05, 4.69) is 34.8 Å². The maximum atomic E-state index is 13.3. The van der Waals surface area contributed by atoms with Crippen LogP contribution in [0.5, 0.6) is 5.75 Å². The Morgan fingerprint density at radius 1 is 1.44 bits per heavy atom. The average Bonchev–Trinajstić information content (AvgIpc) is 2.79. The molecule has 2 nitrogen and oxygen atoms in total. The predicted octanol–water partition coefficient (Wildman–Crippen LogP) is 4.75. The van der Waals surface area contributed by atoms with Crippen LogP contribution in [0.3, 0.4) is 0 Å². The van der Waals surface area contributed by atoms with E-state index in [1.807, 2.05) is 5.38 Å². The topological polar surface area (TPSA) is 22.1 Å². The van der Waals surface area contributed by atoms with Crippen molar-refractivity contribution in [1.82, 2.24) is 4.98 Å². The van der Waals surface area contributed by atoms with Crippen LogP contribution in [0.15, 0.2) is 28.1 Å². The molecule has 2 rings (SSSR count). The van der Waals surface area contributed by atoms with E-state index < -0.39 is 0 Å². The molecule has 0 aliphatic carbocycles. The van der Waals surface area contributed by atoms with Crippen LogP contribution in [0, 0.1) is 5.82 Å². The van der Waals surface area contributed by atoms with E-state index in [4.69, 9.17) is 4.74 Å². The Bertz CT molecular complexity index is 542. The third kappa shape index (κ3) is 3.29.